The Morgan fingerprint density at radius 2 is 2.07 bits per heavy atom. The molecule has 1 aliphatic heterocycles. The van der Waals surface area contributed by atoms with Crippen molar-refractivity contribution in [3.8, 4) is 0 Å². The molecule has 0 aliphatic carbocycles. The smallest absolute Gasteiger partial charge is 0.256 e. The van der Waals surface area contributed by atoms with E-state index in [1.165, 1.54) is 5.57 Å². The summed E-state index contributed by atoms with van der Waals surface area (Å²) in [7, 11) is 0. The summed E-state index contributed by atoms with van der Waals surface area (Å²) in [6, 6.07) is 7.86. The van der Waals surface area contributed by atoms with Gasteiger partial charge in [0.05, 0.1) is 0 Å². The van der Waals surface area contributed by atoms with E-state index in [1.54, 1.807) is 0 Å². The maximum atomic E-state index is 11.8. The highest BCUT2D eigenvalue weighted by Gasteiger charge is 2.24. The molecule has 0 saturated heterocycles. The highest BCUT2D eigenvalue weighted by Crippen LogP contribution is 2.34. The Morgan fingerprint density at radius 1 is 1.33 bits per heavy atom. The minimum Gasteiger partial charge on any atom is -0.321 e. The van der Waals surface area contributed by atoms with E-state index < -0.39 is 0 Å². The van der Waals surface area contributed by atoms with Crippen LogP contribution in [0.1, 0.15) is 32.3 Å². The zero-order valence-corrected chi connectivity index (χ0v) is 9.13. The van der Waals surface area contributed by atoms with Crippen molar-refractivity contribution in [3.63, 3.8) is 0 Å². The van der Waals surface area contributed by atoms with E-state index in [4.69, 9.17) is 0 Å². The summed E-state index contributed by atoms with van der Waals surface area (Å²) in [6.07, 6.45) is 2.06. The Balaban J connectivity index is 2.50. The van der Waals surface area contributed by atoms with Crippen molar-refractivity contribution in [1.82, 2.24) is 0 Å². The van der Waals surface area contributed by atoms with E-state index in [-0.39, 0.29) is 5.91 Å². The lowest BCUT2D eigenvalue weighted by Gasteiger charge is -2.03. The molecule has 0 aromatic heterocycles. The molecular weight excluding hydrogens is 186 g/mol. The van der Waals surface area contributed by atoms with E-state index in [2.05, 4.69) is 12.2 Å². The molecule has 0 spiro atoms. The topological polar surface area (TPSA) is 29.1 Å². The molecule has 15 heavy (non-hydrogen) atoms. The van der Waals surface area contributed by atoms with Crippen molar-refractivity contribution >= 4 is 17.2 Å². The number of amides is 1. The highest BCUT2D eigenvalue weighted by atomic mass is 16.2. The normalized spacial score (nSPS) is 17.3. The number of hydrogen-bond donors (Lipinski definition) is 1. The summed E-state index contributed by atoms with van der Waals surface area (Å²) in [4.78, 5) is 11.8. The number of anilines is 1. The van der Waals surface area contributed by atoms with Crippen molar-refractivity contribution in [1.29, 1.82) is 0 Å². The van der Waals surface area contributed by atoms with Crippen LogP contribution in [-0.4, -0.2) is 5.91 Å². The lowest BCUT2D eigenvalue weighted by molar-refractivity contribution is -0.110. The molecule has 2 nitrogen and oxygen atoms in total. The van der Waals surface area contributed by atoms with Crippen LogP contribution < -0.4 is 5.32 Å². The standard InChI is InChI=1S/C13H15NO/c1-3-6-9(2)12-10-7-4-5-8-11(10)14-13(12)15/h4-5,7-8H,3,6H2,1-2H3,(H,14,15)/b12-9+. The number of para-hydroxylation sites is 1. The van der Waals surface area contributed by atoms with Crippen LogP contribution >= 0.6 is 0 Å². The molecule has 0 bridgehead atoms. The summed E-state index contributed by atoms with van der Waals surface area (Å²) in [5, 5.41) is 2.89. The predicted molar refractivity (Wildman–Crippen MR) is 62.6 cm³/mol. The fraction of sp³-hybridized carbons (Fsp3) is 0.308. The minimum atomic E-state index is 0.0437. The number of hydrogen-bond acceptors (Lipinski definition) is 1. The van der Waals surface area contributed by atoms with E-state index in [1.807, 2.05) is 31.2 Å². The number of carbonyl (C=O) groups excluding carboxylic acids is 1. The van der Waals surface area contributed by atoms with Crippen LogP contribution in [0.4, 0.5) is 5.69 Å². The molecule has 0 unspecified atom stereocenters. The first kappa shape index (κ1) is 9.97. The number of benzene rings is 1. The van der Waals surface area contributed by atoms with Gasteiger partial charge < -0.3 is 5.32 Å². The third-order valence-corrected chi connectivity index (χ3v) is 2.72. The Hall–Kier alpha value is -1.57. The molecule has 0 fully saturated rings. The van der Waals surface area contributed by atoms with Gasteiger partial charge in [0, 0.05) is 16.8 Å². The van der Waals surface area contributed by atoms with Crippen molar-refractivity contribution in [2.75, 3.05) is 5.32 Å². The van der Waals surface area contributed by atoms with E-state index in [9.17, 15) is 4.79 Å². The van der Waals surface area contributed by atoms with E-state index in [0.29, 0.717) is 0 Å². The van der Waals surface area contributed by atoms with Gasteiger partial charge in [-0.1, -0.05) is 37.1 Å². The maximum Gasteiger partial charge on any atom is 0.256 e. The van der Waals surface area contributed by atoms with Crippen molar-refractivity contribution in [3.05, 3.63) is 35.4 Å². The maximum absolute atomic E-state index is 11.8. The second-order valence-corrected chi connectivity index (χ2v) is 3.91. The van der Waals surface area contributed by atoms with E-state index in [0.717, 1.165) is 29.7 Å². The molecule has 1 heterocycles. The summed E-state index contributed by atoms with van der Waals surface area (Å²) in [5.41, 5.74) is 4.04. The molecule has 0 saturated carbocycles. The fourth-order valence-electron chi connectivity index (χ4n) is 2.04. The lowest BCUT2D eigenvalue weighted by Crippen LogP contribution is -2.05. The lowest BCUT2D eigenvalue weighted by atomic mass is 9.99. The van der Waals surface area contributed by atoms with Crippen LogP contribution in [0.25, 0.3) is 5.57 Å². The summed E-state index contributed by atoms with van der Waals surface area (Å²) in [5.74, 6) is 0.0437. The van der Waals surface area contributed by atoms with Gasteiger partial charge in [0.15, 0.2) is 0 Å². The van der Waals surface area contributed by atoms with Crippen molar-refractivity contribution < 1.29 is 4.79 Å². The molecule has 2 rings (SSSR count). The summed E-state index contributed by atoms with van der Waals surface area (Å²) in [6.45, 7) is 4.17. The molecule has 1 N–H and O–H groups in total. The first-order chi connectivity index (χ1) is 7.24. The van der Waals surface area contributed by atoms with Gasteiger partial charge in [-0.2, -0.15) is 0 Å². The van der Waals surface area contributed by atoms with Gasteiger partial charge in [0.1, 0.15) is 0 Å². The Morgan fingerprint density at radius 3 is 2.80 bits per heavy atom. The van der Waals surface area contributed by atoms with Crippen LogP contribution in [0.2, 0.25) is 0 Å². The second kappa shape index (κ2) is 3.89. The minimum absolute atomic E-state index is 0.0437. The molecule has 1 aromatic rings. The van der Waals surface area contributed by atoms with Gasteiger partial charge >= 0.3 is 0 Å². The van der Waals surface area contributed by atoms with Crippen molar-refractivity contribution in [2.24, 2.45) is 0 Å². The molecule has 78 valence electrons. The Bertz CT molecular complexity index is 432. The first-order valence-corrected chi connectivity index (χ1v) is 5.34. The van der Waals surface area contributed by atoms with Gasteiger partial charge in [-0.05, 0) is 19.4 Å². The van der Waals surface area contributed by atoms with Crippen LogP contribution in [0.15, 0.2) is 29.8 Å². The largest absolute Gasteiger partial charge is 0.321 e. The van der Waals surface area contributed by atoms with Crippen molar-refractivity contribution in [2.45, 2.75) is 26.7 Å². The number of carbonyl (C=O) groups is 1. The van der Waals surface area contributed by atoms with Gasteiger partial charge in [-0.15, -0.1) is 0 Å². The molecule has 0 atom stereocenters. The second-order valence-electron chi connectivity index (χ2n) is 3.91. The molecule has 1 aliphatic rings. The third kappa shape index (κ3) is 1.67. The van der Waals surface area contributed by atoms with E-state index >= 15 is 0 Å². The van der Waals surface area contributed by atoms with Crippen LogP contribution in [0.3, 0.4) is 0 Å². The SMILES string of the molecule is CCC/C(C)=C1/C(=O)Nc2ccccc21. The molecule has 1 amide bonds. The summed E-state index contributed by atoms with van der Waals surface area (Å²) >= 11 is 0. The molecule has 2 heteroatoms. The zero-order chi connectivity index (χ0) is 10.8. The number of nitrogens with one attached hydrogen (secondary N) is 1. The monoisotopic (exact) mass is 201 g/mol. The average molecular weight is 201 g/mol. The summed E-state index contributed by atoms with van der Waals surface area (Å²) < 4.78 is 0. The highest BCUT2D eigenvalue weighted by molar-refractivity contribution is 6.32. The zero-order valence-electron chi connectivity index (χ0n) is 9.13. The molecule has 0 radical (unpaired) electrons. The van der Waals surface area contributed by atoms with Crippen LogP contribution in [0.5, 0.6) is 0 Å². The third-order valence-electron chi connectivity index (χ3n) is 2.72. The molecule has 1 aromatic carbocycles. The fourth-order valence-corrected chi connectivity index (χ4v) is 2.04. The first-order valence-electron chi connectivity index (χ1n) is 5.34. The number of fused-ring (bicyclic) bond motifs is 1. The molecular formula is C13H15NO. The Kier molecular flexibility index (Phi) is 2.58. The Labute approximate surface area is 90.0 Å². The van der Waals surface area contributed by atoms with Crippen LogP contribution in [-0.2, 0) is 4.79 Å². The van der Waals surface area contributed by atoms with Gasteiger partial charge in [0.2, 0.25) is 0 Å². The average Bonchev–Trinajstić information content (AvgIpc) is 2.54. The van der Waals surface area contributed by atoms with Gasteiger partial charge in [0.25, 0.3) is 5.91 Å². The van der Waals surface area contributed by atoms with Gasteiger partial charge in [-0.25, -0.2) is 0 Å². The predicted octanol–water partition coefficient (Wildman–Crippen LogP) is 3.21. The quantitative estimate of drug-likeness (QED) is 0.731. The van der Waals surface area contributed by atoms with Gasteiger partial charge in [-0.3, -0.25) is 4.79 Å². The van der Waals surface area contributed by atoms with Crippen LogP contribution in [0, 0.1) is 0 Å². The number of allylic oxidation sites excluding steroid dienone is 1. The number of rotatable bonds is 2.